The Balaban J connectivity index is 2.54. The van der Waals surface area contributed by atoms with Crippen molar-refractivity contribution in [1.82, 2.24) is 15.6 Å². The molecule has 1 fully saturated rings. The maximum Gasteiger partial charge on any atom is 0.437 e. The van der Waals surface area contributed by atoms with E-state index >= 15 is 0 Å². The molecule has 6 nitrogen and oxygen atoms in total. The minimum atomic E-state index is -5.16. The number of nitrogens with one attached hydrogen (secondary N) is 2. The van der Waals surface area contributed by atoms with Gasteiger partial charge < -0.3 is 20.5 Å². The third-order valence-electron chi connectivity index (χ3n) is 3.39. The van der Waals surface area contributed by atoms with Crippen LogP contribution in [0.1, 0.15) is 18.5 Å². The SMILES string of the molecule is CCOC(=O)[C@@H]1[C@H](c2cccnc2)NC(=S)N[C@]1(O)C(F)(F)F. The average molecular weight is 349 g/mol. The normalized spacial score (nSPS) is 27.8. The third-order valence-corrected chi connectivity index (χ3v) is 3.61. The van der Waals surface area contributed by atoms with Crippen LogP contribution >= 0.6 is 12.2 Å². The topological polar surface area (TPSA) is 83.5 Å². The summed E-state index contributed by atoms with van der Waals surface area (Å²) in [6.07, 6.45) is -2.44. The van der Waals surface area contributed by atoms with E-state index in [1.165, 1.54) is 31.5 Å². The van der Waals surface area contributed by atoms with Crippen molar-refractivity contribution in [2.45, 2.75) is 24.9 Å². The molecular formula is C13H14F3N3O3S. The average Bonchev–Trinajstić information content (AvgIpc) is 2.46. The lowest BCUT2D eigenvalue weighted by Gasteiger charge is -2.45. The van der Waals surface area contributed by atoms with Gasteiger partial charge in [-0.3, -0.25) is 9.78 Å². The predicted octanol–water partition coefficient (Wildman–Crippen LogP) is 1.03. The summed E-state index contributed by atoms with van der Waals surface area (Å²) in [5.74, 6) is -3.21. The van der Waals surface area contributed by atoms with Gasteiger partial charge in [-0.05, 0) is 30.8 Å². The van der Waals surface area contributed by atoms with E-state index in [-0.39, 0.29) is 12.2 Å². The van der Waals surface area contributed by atoms with Crippen LogP contribution in [0.4, 0.5) is 13.2 Å². The van der Waals surface area contributed by atoms with Gasteiger partial charge in [0.1, 0.15) is 5.92 Å². The number of pyridine rings is 1. The lowest BCUT2D eigenvalue weighted by Crippen LogP contribution is -2.73. The lowest BCUT2D eigenvalue weighted by atomic mass is 9.82. The number of thiocarbonyl (C=S) groups is 1. The van der Waals surface area contributed by atoms with Crippen LogP contribution in [0.3, 0.4) is 0 Å². The number of alkyl halides is 3. The molecule has 1 aliphatic rings. The largest absolute Gasteiger partial charge is 0.466 e. The fraction of sp³-hybridized carbons (Fsp3) is 0.462. The molecule has 2 rings (SSSR count). The number of hydrogen-bond donors (Lipinski definition) is 3. The van der Waals surface area contributed by atoms with Gasteiger partial charge in [0.2, 0.25) is 0 Å². The second-order valence-electron chi connectivity index (χ2n) is 4.86. The molecule has 126 valence electrons. The highest BCUT2D eigenvalue weighted by Crippen LogP contribution is 2.42. The highest BCUT2D eigenvalue weighted by atomic mass is 32.1. The zero-order valence-electron chi connectivity index (χ0n) is 11.9. The number of rotatable bonds is 3. The lowest BCUT2D eigenvalue weighted by molar-refractivity contribution is -0.292. The first-order valence-electron chi connectivity index (χ1n) is 6.65. The van der Waals surface area contributed by atoms with Gasteiger partial charge in [0, 0.05) is 12.4 Å². The van der Waals surface area contributed by atoms with Crippen LogP contribution in [-0.2, 0) is 9.53 Å². The second-order valence-corrected chi connectivity index (χ2v) is 5.26. The Morgan fingerprint density at radius 1 is 1.57 bits per heavy atom. The number of ether oxygens (including phenoxy) is 1. The molecule has 0 aliphatic carbocycles. The first kappa shape index (κ1) is 17.4. The van der Waals surface area contributed by atoms with E-state index in [1.807, 2.05) is 0 Å². The summed E-state index contributed by atoms with van der Waals surface area (Å²) in [7, 11) is 0. The molecular weight excluding hydrogens is 335 g/mol. The molecule has 1 saturated heterocycles. The molecule has 1 aromatic rings. The Hall–Kier alpha value is -1.94. The molecule has 0 bridgehead atoms. The van der Waals surface area contributed by atoms with Crippen molar-refractivity contribution in [2.75, 3.05) is 6.61 Å². The van der Waals surface area contributed by atoms with Crippen molar-refractivity contribution >= 4 is 23.3 Å². The minimum absolute atomic E-state index is 0.131. The molecule has 0 amide bonds. The molecule has 23 heavy (non-hydrogen) atoms. The van der Waals surface area contributed by atoms with Gasteiger partial charge in [-0.2, -0.15) is 13.2 Å². The Labute approximate surface area is 135 Å². The smallest absolute Gasteiger partial charge is 0.437 e. The molecule has 3 N–H and O–H groups in total. The van der Waals surface area contributed by atoms with Crippen molar-refractivity contribution in [3.63, 3.8) is 0 Å². The molecule has 0 radical (unpaired) electrons. The first-order valence-corrected chi connectivity index (χ1v) is 7.06. The Morgan fingerprint density at radius 2 is 2.26 bits per heavy atom. The number of aliphatic hydroxyl groups is 1. The van der Waals surface area contributed by atoms with Crippen LogP contribution < -0.4 is 10.6 Å². The van der Waals surface area contributed by atoms with E-state index in [0.717, 1.165) is 0 Å². The maximum absolute atomic E-state index is 13.4. The number of hydrogen-bond acceptors (Lipinski definition) is 5. The number of esters is 1. The summed E-state index contributed by atoms with van der Waals surface area (Å²) < 4.78 is 45.0. The van der Waals surface area contributed by atoms with Crippen molar-refractivity contribution in [1.29, 1.82) is 0 Å². The first-order chi connectivity index (χ1) is 10.7. The standard InChI is InChI=1S/C13H14F3N3O3S/c1-2-22-10(20)8-9(7-4-3-5-17-6-7)18-11(23)19-12(8,21)13(14,15)16/h3-6,8-9,21H,2H2,1H3,(H2,18,19,23)/t8-,9-,12+/m0/s1. The second kappa shape index (κ2) is 6.28. The molecule has 1 aliphatic heterocycles. The van der Waals surface area contributed by atoms with E-state index in [4.69, 9.17) is 17.0 Å². The van der Waals surface area contributed by atoms with Gasteiger partial charge in [0.25, 0.3) is 5.72 Å². The van der Waals surface area contributed by atoms with E-state index in [2.05, 4.69) is 10.3 Å². The number of halogens is 3. The van der Waals surface area contributed by atoms with Crippen LogP contribution in [0, 0.1) is 5.92 Å². The Bertz CT molecular complexity index is 599. The van der Waals surface area contributed by atoms with Gasteiger partial charge in [-0.15, -0.1) is 0 Å². The number of carbonyl (C=O) groups is 1. The van der Waals surface area contributed by atoms with Gasteiger partial charge in [0.15, 0.2) is 5.11 Å². The van der Waals surface area contributed by atoms with Crippen molar-refractivity contribution in [2.24, 2.45) is 5.92 Å². The molecule has 0 aromatic carbocycles. The molecule has 0 saturated carbocycles. The zero-order chi connectivity index (χ0) is 17.3. The van der Waals surface area contributed by atoms with Crippen LogP contribution in [0.25, 0.3) is 0 Å². The van der Waals surface area contributed by atoms with Crippen LogP contribution in [-0.4, -0.2) is 39.7 Å². The summed E-state index contributed by atoms with van der Waals surface area (Å²) >= 11 is 4.75. The summed E-state index contributed by atoms with van der Waals surface area (Å²) in [5.41, 5.74) is -3.29. The molecule has 0 spiro atoms. The van der Waals surface area contributed by atoms with Crippen molar-refractivity contribution < 1.29 is 27.8 Å². The number of aromatic nitrogens is 1. The van der Waals surface area contributed by atoms with Crippen LogP contribution in [0.5, 0.6) is 0 Å². The Morgan fingerprint density at radius 3 is 2.78 bits per heavy atom. The predicted molar refractivity (Wildman–Crippen MR) is 77.0 cm³/mol. The summed E-state index contributed by atoms with van der Waals surface area (Å²) in [5, 5.41) is 14.1. The fourth-order valence-electron chi connectivity index (χ4n) is 2.37. The van der Waals surface area contributed by atoms with E-state index in [1.54, 1.807) is 5.32 Å². The van der Waals surface area contributed by atoms with Crippen molar-refractivity contribution in [3.8, 4) is 0 Å². The van der Waals surface area contributed by atoms with Gasteiger partial charge in [-0.25, -0.2) is 0 Å². The van der Waals surface area contributed by atoms with E-state index < -0.39 is 34.9 Å². The fourth-order valence-corrected chi connectivity index (χ4v) is 2.66. The quantitative estimate of drug-likeness (QED) is 0.555. The van der Waals surface area contributed by atoms with E-state index in [0.29, 0.717) is 0 Å². The highest BCUT2D eigenvalue weighted by Gasteiger charge is 2.66. The molecule has 2 heterocycles. The molecule has 0 unspecified atom stereocenters. The third kappa shape index (κ3) is 3.22. The van der Waals surface area contributed by atoms with Gasteiger partial charge in [-0.1, -0.05) is 6.07 Å². The minimum Gasteiger partial charge on any atom is -0.466 e. The molecule has 3 atom stereocenters. The number of carbonyl (C=O) groups excluding carboxylic acids is 1. The maximum atomic E-state index is 13.4. The van der Waals surface area contributed by atoms with Crippen LogP contribution in [0.15, 0.2) is 24.5 Å². The summed E-state index contributed by atoms with van der Waals surface area (Å²) in [6, 6.07) is 1.72. The summed E-state index contributed by atoms with van der Waals surface area (Å²) in [6.45, 7) is 1.32. The molecule has 10 heteroatoms. The zero-order valence-corrected chi connectivity index (χ0v) is 12.7. The molecule has 1 aromatic heterocycles. The van der Waals surface area contributed by atoms with Gasteiger partial charge in [0.05, 0.1) is 12.6 Å². The van der Waals surface area contributed by atoms with Crippen molar-refractivity contribution in [3.05, 3.63) is 30.1 Å². The highest BCUT2D eigenvalue weighted by molar-refractivity contribution is 7.80. The van der Waals surface area contributed by atoms with Crippen LogP contribution in [0.2, 0.25) is 0 Å². The summed E-state index contributed by atoms with van der Waals surface area (Å²) in [4.78, 5) is 15.9. The number of nitrogens with zero attached hydrogens (tertiary/aromatic N) is 1. The Kier molecular flexibility index (Phi) is 4.76. The van der Waals surface area contributed by atoms with Gasteiger partial charge >= 0.3 is 12.1 Å². The van der Waals surface area contributed by atoms with E-state index in [9.17, 15) is 23.1 Å². The monoisotopic (exact) mass is 349 g/mol.